The molecule has 0 bridgehead atoms. The molecule has 1 nitrogen and oxygen atoms in total. The van der Waals surface area contributed by atoms with E-state index in [1.807, 2.05) is 6.08 Å². The number of hydrogen-bond donors (Lipinski definition) is 0. The van der Waals surface area contributed by atoms with Gasteiger partial charge in [0, 0.05) is 6.42 Å². The highest BCUT2D eigenvalue weighted by Gasteiger charge is 2.10. The van der Waals surface area contributed by atoms with Crippen LogP contribution < -0.4 is 0 Å². The molecule has 0 unspecified atom stereocenters. The van der Waals surface area contributed by atoms with Crippen LogP contribution >= 0.6 is 0 Å². The van der Waals surface area contributed by atoms with Gasteiger partial charge < -0.3 is 4.79 Å². The van der Waals surface area contributed by atoms with E-state index in [1.165, 1.54) is 0 Å². The molecule has 0 atom stereocenters. The van der Waals surface area contributed by atoms with E-state index in [0.717, 1.165) is 12.8 Å². The highest BCUT2D eigenvalue weighted by Crippen LogP contribution is 2.20. The first-order valence-electron chi connectivity index (χ1n) is 5.61. The molecule has 0 saturated heterocycles. The van der Waals surface area contributed by atoms with Crippen LogP contribution in [0.3, 0.4) is 0 Å². The van der Waals surface area contributed by atoms with Gasteiger partial charge >= 0.3 is 0 Å². The second-order valence-electron chi connectivity index (χ2n) is 6.33. The van der Waals surface area contributed by atoms with E-state index in [9.17, 15) is 4.79 Å². The second-order valence-corrected chi connectivity index (χ2v) is 6.33. The number of rotatable bonds is 2. The molecule has 0 aliphatic carbocycles. The summed E-state index contributed by atoms with van der Waals surface area (Å²) in [5.41, 5.74) is 0.617. The number of Topliss-reactive ketones (excluding diaryl/α,β-unsaturated/α-hetero) is 1. The summed E-state index contributed by atoms with van der Waals surface area (Å²) in [6.07, 6.45) is 3.67. The lowest BCUT2D eigenvalue weighted by molar-refractivity contribution is -0.117. The summed E-state index contributed by atoms with van der Waals surface area (Å²) < 4.78 is 0. The van der Waals surface area contributed by atoms with Gasteiger partial charge in [-0.05, 0) is 24.2 Å². The zero-order chi connectivity index (χ0) is 12.7. The fraction of sp³-hybridized carbons (Fsp3) is 0.786. The molecule has 0 aliphatic heterocycles. The van der Waals surface area contributed by atoms with Crippen molar-refractivity contribution in [3.8, 4) is 0 Å². The Morgan fingerprint density at radius 2 is 1.47 bits per heavy atom. The topological polar surface area (TPSA) is 17.1 Å². The van der Waals surface area contributed by atoms with Crippen LogP contribution in [-0.4, -0.2) is 5.78 Å². The van der Waals surface area contributed by atoms with E-state index in [-0.39, 0.29) is 0 Å². The standard InChI is InChI=1S/C8H16O.C6H12/c1-7(9)5-6-8(2,3)4;1-5-6(2,3)4/h5-6H2,1-4H3;5H,1H2,2-4H3. The third-order valence-electron chi connectivity index (χ3n) is 1.84. The van der Waals surface area contributed by atoms with Crippen LogP contribution in [0.15, 0.2) is 12.7 Å². The number of ketones is 1. The van der Waals surface area contributed by atoms with Crippen molar-refractivity contribution >= 4 is 5.78 Å². The van der Waals surface area contributed by atoms with Crippen molar-refractivity contribution in [1.29, 1.82) is 0 Å². The SMILES string of the molecule is C=CC(C)(C)C.CC(=O)CCC(C)(C)C. The van der Waals surface area contributed by atoms with Crippen LogP contribution in [0.2, 0.25) is 0 Å². The van der Waals surface area contributed by atoms with Gasteiger partial charge in [-0.3, -0.25) is 0 Å². The maximum Gasteiger partial charge on any atom is 0.129 e. The van der Waals surface area contributed by atoms with E-state index < -0.39 is 0 Å². The molecule has 0 fully saturated rings. The zero-order valence-corrected chi connectivity index (χ0v) is 11.6. The molecule has 1 heteroatoms. The van der Waals surface area contributed by atoms with E-state index in [1.54, 1.807) is 6.92 Å². The first-order valence-corrected chi connectivity index (χ1v) is 5.61. The van der Waals surface area contributed by atoms with Crippen molar-refractivity contribution in [1.82, 2.24) is 0 Å². The Kier molecular flexibility index (Phi) is 7.64. The maximum atomic E-state index is 10.5. The van der Waals surface area contributed by atoms with Crippen molar-refractivity contribution in [2.45, 2.75) is 61.3 Å². The van der Waals surface area contributed by atoms with Crippen molar-refractivity contribution in [2.24, 2.45) is 10.8 Å². The number of hydrogen-bond acceptors (Lipinski definition) is 1. The molecule has 0 aliphatic rings. The normalized spacial score (nSPS) is 11.4. The van der Waals surface area contributed by atoms with Gasteiger partial charge in [0.05, 0.1) is 0 Å². The Hall–Kier alpha value is -0.590. The van der Waals surface area contributed by atoms with Gasteiger partial charge in [0.25, 0.3) is 0 Å². The van der Waals surface area contributed by atoms with Gasteiger partial charge in [-0.15, -0.1) is 6.58 Å². The van der Waals surface area contributed by atoms with Gasteiger partial charge in [-0.1, -0.05) is 47.6 Å². The van der Waals surface area contributed by atoms with Gasteiger partial charge in [0.2, 0.25) is 0 Å². The minimum Gasteiger partial charge on any atom is -0.300 e. The molecule has 15 heavy (non-hydrogen) atoms. The molecule has 0 radical (unpaired) electrons. The lowest BCUT2D eigenvalue weighted by Crippen LogP contribution is -2.06. The van der Waals surface area contributed by atoms with Crippen LogP contribution in [0, 0.1) is 10.8 Å². The fourth-order valence-electron chi connectivity index (χ4n) is 0.551. The third kappa shape index (κ3) is 24.7. The monoisotopic (exact) mass is 212 g/mol. The molecule has 0 N–H and O–H groups in total. The molecular formula is C14H28O. The third-order valence-corrected chi connectivity index (χ3v) is 1.84. The summed E-state index contributed by atoms with van der Waals surface area (Å²) in [5, 5.41) is 0. The summed E-state index contributed by atoms with van der Waals surface area (Å²) in [5.74, 6) is 0.296. The highest BCUT2D eigenvalue weighted by atomic mass is 16.1. The fourth-order valence-corrected chi connectivity index (χ4v) is 0.551. The van der Waals surface area contributed by atoms with Crippen molar-refractivity contribution < 1.29 is 4.79 Å². The van der Waals surface area contributed by atoms with Gasteiger partial charge in [-0.2, -0.15) is 0 Å². The summed E-state index contributed by atoms with van der Waals surface area (Å²) in [6, 6.07) is 0. The average molecular weight is 212 g/mol. The Bertz CT molecular complexity index is 188. The molecule has 0 spiro atoms. The Balaban J connectivity index is 0. The zero-order valence-electron chi connectivity index (χ0n) is 11.6. The lowest BCUT2D eigenvalue weighted by atomic mass is 9.90. The van der Waals surface area contributed by atoms with Crippen molar-refractivity contribution in [3.63, 3.8) is 0 Å². The van der Waals surface area contributed by atoms with Crippen LogP contribution in [-0.2, 0) is 4.79 Å². The maximum absolute atomic E-state index is 10.5. The van der Waals surface area contributed by atoms with Crippen molar-refractivity contribution in [3.05, 3.63) is 12.7 Å². The molecule has 0 heterocycles. The molecule has 0 saturated carbocycles. The van der Waals surface area contributed by atoms with Crippen LogP contribution in [0.25, 0.3) is 0 Å². The molecule has 90 valence electrons. The molecule has 0 aromatic rings. The Labute approximate surface area is 96.0 Å². The molecular weight excluding hydrogens is 184 g/mol. The van der Waals surface area contributed by atoms with E-state index in [2.05, 4.69) is 48.1 Å². The average Bonchev–Trinajstić information content (AvgIpc) is 2.00. The molecule has 0 amide bonds. The molecule has 0 rings (SSSR count). The van der Waals surface area contributed by atoms with Crippen LogP contribution in [0.5, 0.6) is 0 Å². The summed E-state index contributed by atoms with van der Waals surface area (Å²) >= 11 is 0. The number of carbonyl (C=O) groups is 1. The Morgan fingerprint density at radius 1 is 1.13 bits per heavy atom. The largest absolute Gasteiger partial charge is 0.300 e. The first-order chi connectivity index (χ1) is 6.48. The van der Waals surface area contributed by atoms with Gasteiger partial charge in [0.1, 0.15) is 5.78 Å². The van der Waals surface area contributed by atoms with Gasteiger partial charge in [0.15, 0.2) is 0 Å². The first kappa shape index (κ1) is 16.8. The predicted molar refractivity (Wildman–Crippen MR) is 69.0 cm³/mol. The summed E-state index contributed by atoms with van der Waals surface area (Å²) in [7, 11) is 0. The molecule has 0 aromatic carbocycles. The quantitative estimate of drug-likeness (QED) is 0.610. The summed E-state index contributed by atoms with van der Waals surface area (Å²) in [4.78, 5) is 10.5. The highest BCUT2D eigenvalue weighted by molar-refractivity contribution is 5.75. The minimum absolute atomic E-state index is 0.296. The van der Waals surface area contributed by atoms with E-state index in [0.29, 0.717) is 16.6 Å². The van der Waals surface area contributed by atoms with E-state index in [4.69, 9.17) is 0 Å². The van der Waals surface area contributed by atoms with E-state index >= 15 is 0 Å². The number of allylic oxidation sites excluding steroid dienone is 1. The second kappa shape index (κ2) is 6.81. The van der Waals surface area contributed by atoms with Gasteiger partial charge in [-0.25, -0.2) is 0 Å². The van der Waals surface area contributed by atoms with Crippen LogP contribution in [0.4, 0.5) is 0 Å². The predicted octanol–water partition coefficient (Wildman–Crippen LogP) is 4.62. The Morgan fingerprint density at radius 3 is 1.53 bits per heavy atom. The lowest BCUT2D eigenvalue weighted by Gasteiger charge is -2.15. The molecule has 0 aromatic heterocycles. The number of carbonyl (C=O) groups excluding carboxylic acids is 1. The summed E-state index contributed by atoms with van der Waals surface area (Å²) in [6.45, 7) is 18.1. The van der Waals surface area contributed by atoms with Crippen molar-refractivity contribution in [2.75, 3.05) is 0 Å². The smallest absolute Gasteiger partial charge is 0.129 e. The minimum atomic E-state index is 0.296. The van der Waals surface area contributed by atoms with Crippen LogP contribution in [0.1, 0.15) is 61.3 Å².